The van der Waals surface area contributed by atoms with Crippen molar-refractivity contribution < 1.29 is 41.8 Å². The van der Waals surface area contributed by atoms with Crippen molar-refractivity contribution in [2.45, 2.75) is 18.2 Å². The summed E-state index contributed by atoms with van der Waals surface area (Å²) in [6.45, 7) is 1.13. The highest BCUT2D eigenvalue weighted by Crippen LogP contribution is 2.17. The van der Waals surface area contributed by atoms with E-state index in [2.05, 4.69) is 14.8 Å². The van der Waals surface area contributed by atoms with Gasteiger partial charge in [-0.3, -0.25) is 9.59 Å². The van der Waals surface area contributed by atoms with Gasteiger partial charge in [0.05, 0.1) is 42.4 Å². The van der Waals surface area contributed by atoms with Crippen LogP contribution in [0.3, 0.4) is 0 Å². The maximum atomic E-state index is 12.3. The van der Waals surface area contributed by atoms with Crippen LogP contribution in [0.2, 0.25) is 0 Å². The number of aryl methyl sites for hydroxylation is 1. The Morgan fingerprint density at radius 3 is 1.94 bits per heavy atom. The molecule has 10 nitrogen and oxygen atoms in total. The van der Waals surface area contributed by atoms with Gasteiger partial charge in [0.2, 0.25) is 0 Å². The normalized spacial score (nSPS) is 10.8. The van der Waals surface area contributed by atoms with Gasteiger partial charge in [-0.05, 0) is 37.3 Å². The van der Waals surface area contributed by atoms with Crippen molar-refractivity contribution in [3.8, 4) is 0 Å². The van der Waals surface area contributed by atoms with E-state index in [1.165, 1.54) is 30.3 Å². The predicted molar refractivity (Wildman–Crippen MR) is 117 cm³/mol. The second-order valence-corrected chi connectivity index (χ2v) is 8.98. The Hall–Kier alpha value is -3.73. The Balaban J connectivity index is 1.95. The average molecular weight is 477 g/mol. The molecule has 2 rings (SSSR count). The van der Waals surface area contributed by atoms with Gasteiger partial charge in [0.1, 0.15) is 0 Å². The number of carbonyl (C=O) groups is 4. The molecule has 1 amide bonds. The van der Waals surface area contributed by atoms with Gasteiger partial charge in [-0.15, -0.1) is 0 Å². The van der Waals surface area contributed by atoms with Gasteiger partial charge in [-0.25, -0.2) is 18.0 Å². The highest BCUT2D eigenvalue weighted by molar-refractivity contribution is 7.91. The first-order valence-electron chi connectivity index (χ1n) is 9.62. The first-order chi connectivity index (χ1) is 15.6. The van der Waals surface area contributed by atoms with E-state index >= 15 is 0 Å². The summed E-state index contributed by atoms with van der Waals surface area (Å²) in [5, 5.41) is 2.39. The van der Waals surface area contributed by atoms with Crippen molar-refractivity contribution in [1.82, 2.24) is 0 Å². The number of carbonyl (C=O) groups excluding carboxylic acids is 4. The van der Waals surface area contributed by atoms with Gasteiger partial charge in [-0.1, -0.05) is 17.7 Å². The molecule has 176 valence electrons. The number of hydrogen-bond acceptors (Lipinski definition) is 9. The topological polar surface area (TPSA) is 142 Å². The van der Waals surface area contributed by atoms with Gasteiger partial charge < -0.3 is 19.5 Å². The molecule has 0 unspecified atom stereocenters. The van der Waals surface area contributed by atoms with Crippen LogP contribution in [0.15, 0.2) is 47.4 Å². The lowest BCUT2D eigenvalue weighted by atomic mass is 10.1. The largest absolute Gasteiger partial charge is 0.465 e. The summed E-state index contributed by atoms with van der Waals surface area (Å²) < 4.78 is 38.6. The van der Waals surface area contributed by atoms with Crippen molar-refractivity contribution in [2.24, 2.45) is 0 Å². The van der Waals surface area contributed by atoms with Crippen molar-refractivity contribution in [3.63, 3.8) is 0 Å². The van der Waals surface area contributed by atoms with Crippen LogP contribution < -0.4 is 5.32 Å². The Kier molecular flexibility index (Phi) is 8.69. The summed E-state index contributed by atoms with van der Waals surface area (Å²) >= 11 is 0. The Morgan fingerprint density at radius 2 is 1.42 bits per heavy atom. The highest BCUT2D eigenvalue weighted by atomic mass is 32.2. The minimum atomic E-state index is -3.68. The van der Waals surface area contributed by atoms with Crippen LogP contribution in [0, 0.1) is 6.92 Å². The van der Waals surface area contributed by atoms with Gasteiger partial charge in [0.25, 0.3) is 5.91 Å². The predicted octanol–water partition coefficient (Wildman–Crippen LogP) is 1.91. The Morgan fingerprint density at radius 1 is 0.879 bits per heavy atom. The number of methoxy groups -OCH3 is 2. The molecule has 0 aliphatic rings. The quantitative estimate of drug-likeness (QED) is 0.423. The van der Waals surface area contributed by atoms with Gasteiger partial charge in [0.15, 0.2) is 16.4 Å². The molecule has 0 saturated heterocycles. The lowest BCUT2D eigenvalue weighted by molar-refractivity contribution is -0.146. The molecule has 1 N–H and O–H groups in total. The Labute approximate surface area is 190 Å². The van der Waals surface area contributed by atoms with E-state index in [9.17, 15) is 27.6 Å². The second-order valence-electron chi connectivity index (χ2n) is 6.87. The van der Waals surface area contributed by atoms with E-state index in [1.807, 2.05) is 6.92 Å². The van der Waals surface area contributed by atoms with Crippen molar-refractivity contribution in [1.29, 1.82) is 0 Å². The van der Waals surface area contributed by atoms with E-state index in [-0.39, 0.29) is 21.7 Å². The zero-order valence-corrected chi connectivity index (χ0v) is 19.1. The average Bonchev–Trinajstić information content (AvgIpc) is 2.80. The van der Waals surface area contributed by atoms with E-state index in [0.717, 1.165) is 19.8 Å². The van der Waals surface area contributed by atoms with Crippen molar-refractivity contribution in [2.75, 3.05) is 31.9 Å². The molecule has 0 bridgehead atoms. The molecule has 33 heavy (non-hydrogen) atoms. The number of benzene rings is 2. The van der Waals surface area contributed by atoms with E-state index in [4.69, 9.17) is 4.74 Å². The monoisotopic (exact) mass is 477 g/mol. The summed E-state index contributed by atoms with van der Waals surface area (Å²) in [5.74, 6) is -3.59. The summed E-state index contributed by atoms with van der Waals surface area (Å²) in [4.78, 5) is 47.7. The minimum absolute atomic E-state index is 0.00555. The molecular formula is C22H23NO9S. The number of esters is 3. The number of rotatable bonds is 9. The lowest BCUT2D eigenvalue weighted by Gasteiger charge is -2.10. The van der Waals surface area contributed by atoms with Crippen LogP contribution in [0.25, 0.3) is 0 Å². The van der Waals surface area contributed by atoms with Crippen LogP contribution in [-0.4, -0.2) is 58.8 Å². The highest BCUT2D eigenvalue weighted by Gasteiger charge is 2.18. The molecule has 0 saturated carbocycles. The number of nitrogens with one attached hydrogen (secondary N) is 1. The molecule has 0 radical (unpaired) electrons. The van der Waals surface area contributed by atoms with Gasteiger partial charge >= 0.3 is 17.9 Å². The minimum Gasteiger partial charge on any atom is -0.465 e. The van der Waals surface area contributed by atoms with Crippen molar-refractivity contribution in [3.05, 3.63) is 59.2 Å². The molecule has 0 fully saturated rings. The number of anilines is 1. The first-order valence-corrected chi connectivity index (χ1v) is 11.3. The molecular weight excluding hydrogens is 454 g/mol. The number of hydrogen-bond donors (Lipinski definition) is 1. The molecule has 0 spiro atoms. The maximum Gasteiger partial charge on any atom is 0.337 e. The zero-order valence-electron chi connectivity index (χ0n) is 18.2. The number of ether oxygens (including phenoxy) is 3. The molecule has 0 heterocycles. The fraction of sp³-hybridized carbons (Fsp3) is 0.273. The summed E-state index contributed by atoms with van der Waals surface area (Å²) in [7, 11) is -1.37. The zero-order chi connectivity index (χ0) is 24.6. The van der Waals surface area contributed by atoms with Crippen LogP contribution in [0.4, 0.5) is 5.69 Å². The molecule has 0 aliphatic carbocycles. The van der Waals surface area contributed by atoms with Crippen LogP contribution in [-0.2, 0) is 33.6 Å². The molecule has 0 atom stereocenters. The van der Waals surface area contributed by atoms with Crippen LogP contribution in [0.1, 0.15) is 32.7 Å². The summed E-state index contributed by atoms with van der Waals surface area (Å²) in [5.41, 5.74) is 0.958. The smallest absolute Gasteiger partial charge is 0.337 e. The lowest BCUT2D eigenvalue weighted by Crippen LogP contribution is -2.22. The maximum absolute atomic E-state index is 12.3. The number of sulfone groups is 1. The summed E-state index contributed by atoms with van der Waals surface area (Å²) in [6.07, 6.45) is -0.437. The molecule has 2 aromatic carbocycles. The molecule has 2 aromatic rings. The fourth-order valence-corrected chi connectivity index (χ4v) is 3.89. The first kappa shape index (κ1) is 25.5. The third-order valence-corrected chi connectivity index (χ3v) is 6.11. The van der Waals surface area contributed by atoms with Crippen LogP contribution >= 0.6 is 0 Å². The van der Waals surface area contributed by atoms with E-state index in [0.29, 0.717) is 0 Å². The Bertz CT molecular complexity index is 1120. The van der Waals surface area contributed by atoms with Crippen LogP contribution in [0.5, 0.6) is 0 Å². The van der Waals surface area contributed by atoms with Crippen molar-refractivity contribution >= 4 is 39.3 Å². The van der Waals surface area contributed by atoms with E-state index < -0.39 is 52.4 Å². The second kappa shape index (κ2) is 11.2. The summed E-state index contributed by atoms with van der Waals surface area (Å²) in [6, 6.07) is 9.98. The molecule has 0 aliphatic heterocycles. The van der Waals surface area contributed by atoms with Gasteiger partial charge in [-0.2, -0.15) is 0 Å². The molecule has 11 heteroatoms. The third-order valence-electron chi connectivity index (χ3n) is 4.38. The third kappa shape index (κ3) is 7.42. The SMILES string of the molecule is COC(=O)c1cc(NC(=O)COC(=O)CCS(=O)(=O)c2ccc(C)cc2)cc(C(=O)OC)c1. The molecule has 0 aromatic heterocycles. The number of amides is 1. The fourth-order valence-electron chi connectivity index (χ4n) is 2.67. The standard InChI is InChI=1S/C22H23NO9S/c1-14-4-6-18(7-5-14)33(28,29)9-8-20(25)32-13-19(24)23-17-11-15(21(26)30-2)10-16(12-17)22(27)31-3/h4-7,10-12H,8-9,13H2,1-3H3,(H,23,24). The van der Waals surface area contributed by atoms with E-state index in [1.54, 1.807) is 12.1 Å². The van der Waals surface area contributed by atoms with Gasteiger partial charge in [0, 0.05) is 5.69 Å².